The normalized spacial score (nSPS) is 15.1. The highest BCUT2D eigenvalue weighted by Crippen LogP contribution is 2.22. The van der Waals surface area contributed by atoms with Gasteiger partial charge in [-0.2, -0.15) is 0 Å². The molecule has 1 N–H and O–H groups in total. The van der Waals surface area contributed by atoms with Crippen molar-refractivity contribution in [3.05, 3.63) is 46.4 Å². The average molecular weight is 396 g/mol. The summed E-state index contributed by atoms with van der Waals surface area (Å²) in [5.41, 5.74) is 5.39. The van der Waals surface area contributed by atoms with E-state index in [-0.39, 0.29) is 5.91 Å². The molecule has 0 spiro atoms. The predicted molar refractivity (Wildman–Crippen MR) is 119 cm³/mol. The largest absolute Gasteiger partial charge is 0.354 e. The maximum Gasteiger partial charge on any atom is 0.238 e. The van der Waals surface area contributed by atoms with Crippen LogP contribution in [0.1, 0.15) is 48.0 Å². The lowest BCUT2D eigenvalue weighted by Gasteiger charge is -2.35. The van der Waals surface area contributed by atoms with E-state index in [4.69, 9.17) is 4.98 Å². The van der Waals surface area contributed by atoms with Crippen molar-refractivity contribution in [1.29, 1.82) is 0 Å². The Morgan fingerprint density at radius 1 is 1.00 bits per heavy atom. The molecular weight excluding hydrogens is 362 g/mol. The van der Waals surface area contributed by atoms with Gasteiger partial charge in [0.1, 0.15) is 11.6 Å². The highest BCUT2D eigenvalue weighted by Gasteiger charge is 2.21. The number of hydrogen-bond donors (Lipinski definition) is 1. The summed E-state index contributed by atoms with van der Waals surface area (Å²) >= 11 is 0. The van der Waals surface area contributed by atoms with Crippen LogP contribution in [0.4, 0.5) is 11.5 Å². The van der Waals surface area contributed by atoms with Crippen molar-refractivity contribution in [2.24, 2.45) is 0 Å². The van der Waals surface area contributed by atoms with Gasteiger partial charge in [0.05, 0.1) is 6.54 Å². The molecule has 29 heavy (non-hydrogen) atoms. The second kappa shape index (κ2) is 8.91. The number of nitrogens with zero attached hydrogens (tertiary/aromatic N) is 4. The highest BCUT2D eigenvalue weighted by atomic mass is 16.2. The first kappa shape index (κ1) is 21.2. The van der Waals surface area contributed by atoms with Crippen LogP contribution in [0.15, 0.2) is 18.2 Å². The van der Waals surface area contributed by atoms with Gasteiger partial charge in [0.15, 0.2) is 0 Å². The first-order valence-corrected chi connectivity index (χ1v) is 10.4. The second-order valence-corrected chi connectivity index (χ2v) is 8.47. The molecule has 6 nitrogen and oxygen atoms in total. The van der Waals surface area contributed by atoms with Crippen molar-refractivity contribution in [1.82, 2.24) is 14.9 Å². The molecule has 2 heterocycles. The van der Waals surface area contributed by atoms with Crippen LogP contribution < -0.4 is 10.2 Å². The zero-order valence-electron chi connectivity index (χ0n) is 18.5. The van der Waals surface area contributed by atoms with E-state index < -0.39 is 0 Å². The number of carbonyl (C=O) groups is 1. The fourth-order valence-corrected chi connectivity index (χ4v) is 3.89. The molecule has 1 aromatic heterocycles. The molecule has 1 aromatic carbocycles. The number of rotatable bonds is 5. The van der Waals surface area contributed by atoms with Gasteiger partial charge in [-0.25, -0.2) is 9.97 Å². The quantitative estimate of drug-likeness (QED) is 0.838. The molecule has 0 radical (unpaired) electrons. The summed E-state index contributed by atoms with van der Waals surface area (Å²) in [5.74, 6) is 2.25. The van der Waals surface area contributed by atoms with Crippen molar-refractivity contribution in [3.8, 4) is 0 Å². The molecule has 1 saturated heterocycles. The van der Waals surface area contributed by atoms with Gasteiger partial charge in [-0.1, -0.05) is 31.5 Å². The van der Waals surface area contributed by atoms with E-state index in [1.165, 1.54) is 5.56 Å². The Morgan fingerprint density at radius 3 is 2.21 bits per heavy atom. The minimum atomic E-state index is 0.0495. The Hall–Kier alpha value is -2.47. The number of aryl methyl sites for hydroxylation is 4. The molecule has 1 aliphatic rings. The van der Waals surface area contributed by atoms with E-state index >= 15 is 0 Å². The number of piperazine rings is 1. The fourth-order valence-electron chi connectivity index (χ4n) is 3.89. The van der Waals surface area contributed by atoms with Gasteiger partial charge in [0.2, 0.25) is 5.91 Å². The summed E-state index contributed by atoms with van der Waals surface area (Å²) in [7, 11) is 0. The molecule has 0 unspecified atom stereocenters. The molecule has 0 saturated carbocycles. The zero-order chi connectivity index (χ0) is 21.1. The molecule has 1 aliphatic heterocycles. The van der Waals surface area contributed by atoms with Crippen LogP contribution in [-0.4, -0.2) is 53.5 Å². The molecule has 1 fully saturated rings. The maximum atomic E-state index is 12.6. The summed E-state index contributed by atoms with van der Waals surface area (Å²) in [4.78, 5) is 26.4. The standard InChI is InChI=1S/C23H33N5O/c1-15(2)23-24-19(6)13-20(25-23)28-9-7-27(8-10-28)14-21(29)26-22-17(4)11-16(3)12-18(22)5/h11-13,15H,7-10,14H2,1-6H3,(H,26,29). The van der Waals surface area contributed by atoms with E-state index in [0.29, 0.717) is 12.5 Å². The summed E-state index contributed by atoms with van der Waals surface area (Å²) in [6.07, 6.45) is 0. The van der Waals surface area contributed by atoms with Gasteiger partial charge in [0.25, 0.3) is 0 Å². The number of hydrogen-bond acceptors (Lipinski definition) is 5. The first-order valence-electron chi connectivity index (χ1n) is 10.4. The minimum absolute atomic E-state index is 0.0495. The Morgan fingerprint density at radius 2 is 1.62 bits per heavy atom. The van der Waals surface area contributed by atoms with E-state index in [2.05, 4.69) is 59.1 Å². The summed E-state index contributed by atoms with van der Waals surface area (Å²) < 4.78 is 0. The molecule has 0 atom stereocenters. The third-order valence-corrected chi connectivity index (χ3v) is 5.38. The molecule has 1 amide bonds. The van der Waals surface area contributed by atoms with Gasteiger partial charge >= 0.3 is 0 Å². The molecule has 2 aromatic rings. The lowest BCUT2D eigenvalue weighted by Crippen LogP contribution is -2.49. The number of nitrogens with one attached hydrogen (secondary N) is 1. The summed E-state index contributed by atoms with van der Waals surface area (Å²) in [5, 5.41) is 3.11. The van der Waals surface area contributed by atoms with Gasteiger partial charge in [0, 0.05) is 49.5 Å². The molecule has 0 bridgehead atoms. The smallest absolute Gasteiger partial charge is 0.238 e. The van der Waals surface area contributed by atoms with E-state index in [1.807, 2.05) is 20.8 Å². The Labute approximate surface area is 174 Å². The summed E-state index contributed by atoms with van der Waals surface area (Å²) in [6.45, 7) is 16.3. The van der Waals surface area contributed by atoms with Crippen LogP contribution >= 0.6 is 0 Å². The Balaban J connectivity index is 1.57. The lowest BCUT2D eigenvalue weighted by atomic mass is 10.1. The number of carbonyl (C=O) groups excluding carboxylic acids is 1. The molecule has 6 heteroatoms. The van der Waals surface area contributed by atoms with Crippen LogP contribution in [0.25, 0.3) is 0 Å². The van der Waals surface area contributed by atoms with E-state index in [9.17, 15) is 4.79 Å². The van der Waals surface area contributed by atoms with Crippen LogP contribution in [0.2, 0.25) is 0 Å². The van der Waals surface area contributed by atoms with Crippen molar-refractivity contribution in [2.45, 2.75) is 47.5 Å². The lowest BCUT2D eigenvalue weighted by molar-refractivity contribution is -0.117. The van der Waals surface area contributed by atoms with Crippen molar-refractivity contribution in [2.75, 3.05) is 42.9 Å². The molecule has 156 valence electrons. The predicted octanol–water partition coefficient (Wildman–Crippen LogP) is 3.59. The van der Waals surface area contributed by atoms with Crippen LogP contribution in [0.5, 0.6) is 0 Å². The number of anilines is 2. The van der Waals surface area contributed by atoms with Gasteiger partial charge in [-0.15, -0.1) is 0 Å². The molecule has 0 aliphatic carbocycles. The van der Waals surface area contributed by atoms with Crippen LogP contribution in [0.3, 0.4) is 0 Å². The number of aromatic nitrogens is 2. The average Bonchev–Trinajstić information content (AvgIpc) is 2.64. The monoisotopic (exact) mass is 395 g/mol. The van der Waals surface area contributed by atoms with E-state index in [0.717, 1.165) is 60.3 Å². The van der Waals surface area contributed by atoms with E-state index in [1.54, 1.807) is 0 Å². The Bertz CT molecular complexity index is 862. The first-order chi connectivity index (χ1) is 13.7. The number of benzene rings is 1. The highest BCUT2D eigenvalue weighted by molar-refractivity contribution is 5.93. The van der Waals surface area contributed by atoms with Crippen molar-refractivity contribution in [3.63, 3.8) is 0 Å². The third-order valence-electron chi connectivity index (χ3n) is 5.38. The summed E-state index contributed by atoms with van der Waals surface area (Å²) in [6, 6.07) is 6.27. The number of amides is 1. The molecular formula is C23H33N5O. The fraction of sp³-hybridized carbons (Fsp3) is 0.522. The Kier molecular flexibility index (Phi) is 6.52. The van der Waals surface area contributed by atoms with Crippen molar-refractivity contribution < 1.29 is 4.79 Å². The minimum Gasteiger partial charge on any atom is -0.354 e. The van der Waals surface area contributed by atoms with Gasteiger partial charge in [-0.05, 0) is 38.8 Å². The maximum absolute atomic E-state index is 12.6. The van der Waals surface area contributed by atoms with Gasteiger partial charge in [-0.3, -0.25) is 9.69 Å². The van der Waals surface area contributed by atoms with Gasteiger partial charge < -0.3 is 10.2 Å². The SMILES string of the molecule is Cc1cc(C)c(NC(=O)CN2CCN(c3cc(C)nc(C(C)C)n3)CC2)c(C)c1. The molecule has 3 rings (SSSR count). The van der Waals surface area contributed by atoms with Crippen molar-refractivity contribution >= 4 is 17.4 Å². The topological polar surface area (TPSA) is 61.4 Å². The van der Waals surface area contributed by atoms with Crippen LogP contribution in [-0.2, 0) is 4.79 Å². The second-order valence-electron chi connectivity index (χ2n) is 8.47. The van der Waals surface area contributed by atoms with Crippen LogP contribution in [0, 0.1) is 27.7 Å². The zero-order valence-corrected chi connectivity index (χ0v) is 18.5. The third kappa shape index (κ3) is 5.32.